The van der Waals surface area contributed by atoms with Crippen LogP contribution in [0.4, 0.5) is 0 Å². The molecule has 22 heavy (non-hydrogen) atoms. The lowest BCUT2D eigenvalue weighted by molar-refractivity contribution is 0.618. The molecule has 0 atom stereocenters. The van der Waals surface area contributed by atoms with E-state index in [9.17, 15) is 0 Å². The number of hydrogen-bond donors (Lipinski definition) is 0. The summed E-state index contributed by atoms with van der Waals surface area (Å²) >= 11 is 0. The van der Waals surface area contributed by atoms with Crippen molar-refractivity contribution in [2.45, 2.75) is 13.3 Å². The van der Waals surface area contributed by atoms with E-state index in [0.29, 0.717) is 0 Å². The van der Waals surface area contributed by atoms with Crippen LogP contribution in [0.3, 0.4) is 0 Å². The average Bonchev–Trinajstić information content (AvgIpc) is 2.61. The molecule has 3 rings (SSSR count). The maximum absolute atomic E-state index is 5.47. The third-order valence-corrected chi connectivity index (χ3v) is 4.09. The summed E-state index contributed by atoms with van der Waals surface area (Å²) in [5, 5.41) is 0. The first-order chi connectivity index (χ1) is 10.8. The SMILES string of the molecule is CCc1ccc(O[Si])c(-c2ccccc2)c1-c1ccccc1. The van der Waals surface area contributed by atoms with Crippen LogP contribution in [0.1, 0.15) is 12.5 Å². The lowest BCUT2D eigenvalue weighted by atomic mass is 9.89. The standard InChI is InChI=1S/C20H17OSi/c1-2-15-13-14-18(21-22)20(17-11-7-4-8-12-17)19(15)16-9-5-3-6-10-16/h3-14H,2H2,1H3. The van der Waals surface area contributed by atoms with Crippen LogP contribution >= 0.6 is 0 Å². The highest BCUT2D eigenvalue weighted by atomic mass is 28.2. The second-order valence-corrected chi connectivity index (χ2v) is 5.36. The minimum absolute atomic E-state index is 0.832. The molecule has 0 aliphatic carbocycles. The molecule has 0 unspecified atom stereocenters. The lowest BCUT2D eigenvalue weighted by Gasteiger charge is -2.18. The van der Waals surface area contributed by atoms with Crippen molar-refractivity contribution in [3.05, 3.63) is 78.4 Å². The third-order valence-electron chi connectivity index (χ3n) is 3.87. The van der Waals surface area contributed by atoms with E-state index in [1.165, 1.54) is 16.7 Å². The molecule has 0 N–H and O–H groups in total. The van der Waals surface area contributed by atoms with Gasteiger partial charge >= 0.3 is 10.5 Å². The van der Waals surface area contributed by atoms with Gasteiger partial charge in [-0.1, -0.05) is 73.7 Å². The quantitative estimate of drug-likeness (QED) is 0.613. The second kappa shape index (κ2) is 6.63. The molecule has 0 heterocycles. The highest BCUT2D eigenvalue weighted by Crippen LogP contribution is 2.41. The van der Waals surface area contributed by atoms with E-state index in [0.717, 1.165) is 23.3 Å². The molecule has 0 aromatic heterocycles. The Morgan fingerprint density at radius 3 is 1.77 bits per heavy atom. The number of hydrogen-bond acceptors (Lipinski definition) is 1. The highest BCUT2D eigenvalue weighted by molar-refractivity contribution is 6.02. The zero-order chi connectivity index (χ0) is 15.4. The van der Waals surface area contributed by atoms with Crippen LogP contribution in [0, 0.1) is 0 Å². The van der Waals surface area contributed by atoms with Crippen molar-refractivity contribution in [1.82, 2.24) is 0 Å². The van der Waals surface area contributed by atoms with Crippen molar-refractivity contribution < 1.29 is 4.43 Å². The van der Waals surface area contributed by atoms with Crippen LogP contribution < -0.4 is 4.43 Å². The minimum Gasteiger partial charge on any atom is -0.540 e. The molecule has 3 radical (unpaired) electrons. The van der Waals surface area contributed by atoms with Gasteiger partial charge in [0.25, 0.3) is 0 Å². The molecule has 107 valence electrons. The molecule has 0 saturated carbocycles. The van der Waals surface area contributed by atoms with Gasteiger partial charge in [0.2, 0.25) is 0 Å². The van der Waals surface area contributed by atoms with Crippen LogP contribution in [0.2, 0.25) is 0 Å². The van der Waals surface area contributed by atoms with Crippen molar-refractivity contribution >= 4 is 10.5 Å². The van der Waals surface area contributed by atoms with Crippen LogP contribution in [-0.4, -0.2) is 10.5 Å². The minimum atomic E-state index is 0.832. The summed E-state index contributed by atoms with van der Waals surface area (Å²) in [4.78, 5) is 0. The van der Waals surface area contributed by atoms with Crippen LogP contribution in [0.25, 0.3) is 22.3 Å². The Hall–Kier alpha value is -2.32. The van der Waals surface area contributed by atoms with Crippen molar-refractivity contribution in [3.8, 4) is 28.0 Å². The summed E-state index contributed by atoms with van der Waals surface area (Å²) in [6, 6.07) is 25.1. The van der Waals surface area contributed by atoms with Crippen molar-refractivity contribution in [1.29, 1.82) is 0 Å². The predicted molar refractivity (Wildman–Crippen MR) is 93.1 cm³/mol. The summed E-state index contributed by atoms with van der Waals surface area (Å²) in [5.74, 6) is 0.832. The zero-order valence-electron chi connectivity index (χ0n) is 12.5. The van der Waals surface area contributed by atoms with Crippen LogP contribution in [0.15, 0.2) is 72.8 Å². The molecule has 0 bridgehead atoms. The van der Waals surface area contributed by atoms with Gasteiger partial charge in [0.05, 0.1) is 0 Å². The fourth-order valence-electron chi connectivity index (χ4n) is 2.83. The summed E-state index contributed by atoms with van der Waals surface area (Å²) in [5.41, 5.74) is 6.05. The average molecular weight is 301 g/mol. The summed E-state index contributed by atoms with van der Waals surface area (Å²) < 4.78 is 5.47. The predicted octanol–water partition coefficient (Wildman–Crippen LogP) is 5.05. The molecular formula is C20H17OSi. The highest BCUT2D eigenvalue weighted by Gasteiger charge is 2.16. The first kappa shape index (κ1) is 14.6. The Kier molecular flexibility index (Phi) is 4.40. The van der Waals surface area contributed by atoms with Gasteiger partial charge < -0.3 is 4.43 Å². The molecule has 0 spiro atoms. The van der Waals surface area contributed by atoms with Gasteiger partial charge in [0.15, 0.2) is 0 Å². The normalized spacial score (nSPS) is 10.5. The fourth-order valence-corrected chi connectivity index (χ4v) is 3.00. The number of aryl methyl sites for hydroxylation is 1. The molecule has 3 aromatic carbocycles. The van der Waals surface area contributed by atoms with Gasteiger partial charge in [-0.15, -0.1) is 0 Å². The van der Waals surface area contributed by atoms with E-state index in [1.807, 2.05) is 18.2 Å². The van der Waals surface area contributed by atoms with Gasteiger partial charge in [-0.25, -0.2) is 0 Å². The zero-order valence-corrected chi connectivity index (χ0v) is 13.5. The molecular weight excluding hydrogens is 284 g/mol. The van der Waals surface area contributed by atoms with Crippen LogP contribution in [-0.2, 0) is 6.42 Å². The molecule has 0 saturated heterocycles. The number of rotatable bonds is 4. The first-order valence-corrected chi connectivity index (χ1v) is 7.86. The van der Waals surface area contributed by atoms with Gasteiger partial charge in [0, 0.05) is 5.56 Å². The number of benzene rings is 3. The molecule has 1 nitrogen and oxygen atoms in total. The largest absolute Gasteiger partial charge is 0.540 e. The fraction of sp³-hybridized carbons (Fsp3) is 0.100. The summed E-state index contributed by atoms with van der Waals surface area (Å²) in [7, 11) is 3.21. The smallest absolute Gasteiger partial charge is 0.341 e. The molecule has 0 aliphatic rings. The van der Waals surface area contributed by atoms with Gasteiger partial charge in [-0.05, 0) is 34.7 Å². The Morgan fingerprint density at radius 2 is 1.27 bits per heavy atom. The van der Waals surface area contributed by atoms with Crippen molar-refractivity contribution in [3.63, 3.8) is 0 Å². The summed E-state index contributed by atoms with van der Waals surface area (Å²) in [6.07, 6.45) is 0.978. The molecule has 0 fully saturated rings. The van der Waals surface area contributed by atoms with Crippen molar-refractivity contribution in [2.24, 2.45) is 0 Å². The molecule has 0 aliphatic heterocycles. The molecule has 3 aromatic rings. The van der Waals surface area contributed by atoms with E-state index < -0.39 is 0 Å². The maximum atomic E-state index is 5.47. The van der Waals surface area contributed by atoms with Gasteiger partial charge in [0.1, 0.15) is 5.75 Å². The topological polar surface area (TPSA) is 9.23 Å². The van der Waals surface area contributed by atoms with E-state index in [4.69, 9.17) is 4.43 Å². The Balaban J connectivity index is 2.35. The van der Waals surface area contributed by atoms with E-state index in [-0.39, 0.29) is 0 Å². The second-order valence-electron chi connectivity index (χ2n) is 5.16. The van der Waals surface area contributed by atoms with E-state index >= 15 is 0 Å². The van der Waals surface area contributed by atoms with Crippen LogP contribution in [0.5, 0.6) is 5.75 Å². The third kappa shape index (κ3) is 2.70. The monoisotopic (exact) mass is 301 g/mol. The van der Waals surface area contributed by atoms with Gasteiger partial charge in [-0.2, -0.15) is 0 Å². The lowest BCUT2D eigenvalue weighted by Crippen LogP contribution is -1.97. The van der Waals surface area contributed by atoms with E-state index in [2.05, 4.69) is 72.0 Å². The molecule has 0 amide bonds. The summed E-state index contributed by atoms with van der Waals surface area (Å²) in [6.45, 7) is 2.19. The Bertz CT molecular complexity index is 685. The maximum Gasteiger partial charge on any atom is 0.341 e. The Labute approximate surface area is 135 Å². The molecule has 2 heteroatoms. The first-order valence-electron chi connectivity index (χ1n) is 7.45. The van der Waals surface area contributed by atoms with E-state index in [1.54, 1.807) is 0 Å². The Morgan fingerprint density at radius 1 is 0.727 bits per heavy atom. The van der Waals surface area contributed by atoms with Crippen molar-refractivity contribution in [2.75, 3.05) is 0 Å². The van der Waals surface area contributed by atoms with Gasteiger partial charge in [-0.3, -0.25) is 0 Å².